The molecule has 0 atom stereocenters. The lowest BCUT2D eigenvalue weighted by molar-refractivity contribution is 0.0240. The second-order valence-corrected chi connectivity index (χ2v) is 9.28. The fourth-order valence-electron chi connectivity index (χ4n) is 3.80. The molecule has 31 heavy (non-hydrogen) atoms. The molecule has 6 nitrogen and oxygen atoms in total. The van der Waals surface area contributed by atoms with Gasteiger partial charge in [0.05, 0.1) is 11.0 Å². The average Bonchev–Trinajstić information content (AvgIpc) is 3.04. The summed E-state index contributed by atoms with van der Waals surface area (Å²) < 4.78 is 7.53. The molecule has 1 aliphatic carbocycles. The van der Waals surface area contributed by atoms with Crippen LogP contribution in [-0.2, 0) is 4.74 Å². The quantitative estimate of drug-likeness (QED) is 0.717. The summed E-state index contributed by atoms with van der Waals surface area (Å²) in [7, 11) is 0. The largest absolute Gasteiger partial charge is 0.444 e. The monoisotopic (exact) mass is 440 g/mol. The van der Waals surface area contributed by atoms with Crippen molar-refractivity contribution >= 4 is 35.7 Å². The highest BCUT2D eigenvalue weighted by atomic mass is 35.5. The minimum absolute atomic E-state index is 0.253. The summed E-state index contributed by atoms with van der Waals surface area (Å²) >= 11 is 6.09. The van der Waals surface area contributed by atoms with Gasteiger partial charge in [-0.15, -0.1) is 5.10 Å². The van der Waals surface area contributed by atoms with Crippen LogP contribution >= 0.6 is 11.6 Å². The molecule has 2 aliphatic rings. The molecule has 1 aromatic carbocycles. The molecule has 164 valence electrons. The Hall–Kier alpha value is -2.73. The number of piperazine rings is 1. The van der Waals surface area contributed by atoms with Crippen molar-refractivity contribution in [3.8, 4) is 5.69 Å². The van der Waals surface area contributed by atoms with Gasteiger partial charge in [0.1, 0.15) is 5.60 Å². The number of allylic oxidation sites excluding steroid dienone is 2. The predicted molar refractivity (Wildman–Crippen MR) is 125 cm³/mol. The van der Waals surface area contributed by atoms with E-state index in [-0.39, 0.29) is 6.09 Å². The number of ether oxygens (including phenoxy) is 1. The first-order valence-electron chi connectivity index (χ1n) is 10.8. The summed E-state index contributed by atoms with van der Waals surface area (Å²) in [6.07, 6.45) is 10.4. The summed E-state index contributed by atoms with van der Waals surface area (Å²) in [5.41, 5.74) is 0.493. The first kappa shape index (κ1) is 21.5. The van der Waals surface area contributed by atoms with Crippen LogP contribution in [0.1, 0.15) is 33.6 Å². The third-order valence-corrected chi connectivity index (χ3v) is 5.56. The van der Waals surface area contributed by atoms with E-state index in [0.717, 1.165) is 34.9 Å². The molecule has 1 amide bonds. The van der Waals surface area contributed by atoms with Crippen molar-refractivity contribution in [2.75, 3.05) is 31.1 Å². The third-order valence-electron chi connectivity index (χ3n) is 5.31. The molecule has 7 heteroatoms. The summed E-state index contributed by atoms with van der Waals surface area (Å²) in [5, 5.41) is 7.90. The highest BCUT2D eigenvalue weighted by Gasteiger charge is 2.27. The Morgan fingerprint density at radius 3 is 2.45 bits per heavy atom. The number of benzene rings is 1. The van der Waals surface area contributed by atoms with Crippen LogP contribution in [0.15, 0.2) is 36.4 Å². The van der Waals surface area contributed by atoms with Gasteiger partial charge in [-0.3, -0.25) is 0 Å². The number of halogens is 1. The first-order valence-corrected chi connectivity index (χ1v) is 11.1. The zero-order valence-electron chi connectivity index (χ0n) is 18.3. The molecular weight excluding hydrogens is 412 g/mol. The Morgan fingerprint density at radius 2 is 1.77 bits per heavy atom. The Morgan fingerprint density at radius 1 is 1.06 bits per heavy atom. The van der Waals surface area contributed by atoms with E-state index in [0.29, 0.717) is 31.2 Å². The highest BCUT2D eigenvalue weighted by molar-refractivity contribution is 6.30. The molecule has 2 aromatic rings. The molecular formula is C24H29ClN4O2. The first-order chi connectivity index (χ1) is 14.8. The van der Waals surface area contributed by atoms with Gasteiger partial charge in [0.25, 0.3) is 0 Å². The molecule has 1 fully saturated rings. The minimum atomic E-state index is -0.488. The number of carbonyl (C=O) groups excluding carboxylic acids is 1. The van der Waals surface area contributed by atoms with Crippen LogP contribution in [0, 0.1) is 0 Å². The molecule has 2 heterocycles. The molecule has 0 N–H and O–H groups in total. The second-order valence-electron chi connectivity index (χ2n) is 8.84. The maximum atomic E-state index is 12.4. The molecule has 1 aromatic heterocycles. The van der Waals surface area contributed by atoms with Gasteiger partial charge in [-0.1, -0.05) is 29.8 Å². The number of rotatable bonds is 2. The molecule has 0 radical (unpaired) electrons. The van der Waals surface area contributed by atoms with Crippen molar-refractivity contribution in [2.45, 2.75) is 39.2 Å². The van der Waals surface area contributed by atoms with Gasteiger partial charge in [-0.2, -0.15) is 0 Å². The molecule has 0 bridgehead atoms. The zero-order valence-corrected chi connectivity index (χ0v) is 19.1. The summed E-state index contributed by atoms with van der Waals surface area (Å²) in [4.78, 5) is 16.5. The lowest BCUT2D eigenvalue weighted by Crippen LogP contribution is -2.51. The summed E-state index contributed by atoms with van der Waals surface area (Å²) in [5.74, 6) is 0.941. The van der Waals surface area contributed by atoms with Crippen molar-refractivity contribution in [3.05, 3.63) is 52.0 Å². The SMILES string of the molecule is CC(C)(C)OC(=O)N1CCN(c2nn(-c3ccc(Cl)cc3)c3c2=CC=CCCC=3)CC1. The summed E-state index contributed by atoms with van der Waals surface area (Å²) in [6.45, 7) is 8.31. The topological polar surface area (TPSA) is 50.6 Å². The standard InChI is InChI=1S/C24H29ClN4O2/c1-24(2,3)31-23(30)28-16-14-27(15-17-28)22-20-8-6-4-5-7-9-21(20)29(26-22)19-12-10-18(25)11-13-19/h4,6,8-13H,5,7,14-17H2,1-3H3. The number of amides is 1. The van der Waals surface area contributed by atoms with Crippen LogP contribution in [0.4, 0.5) is 10.6 Å². The third kappa shape index (κ3) is 4.96. The maximum absolute atomic E-state index is 12.4. The zero-order chi connectivity index (χ0) is 22.0. The predicted octanol–water partition coefficient (Wildman–Crippen LogP) is 3.49. The van der Waals surface area contributed by atoms with Gasteiger partial charge >= 0.3 is 6.09 Å². The van der Waals surface area contributed by atoms with Crippen LogP contribution in [0.3, 0.4) is 0 Å². The normalized spacial score (nSPS) is 16.6. The van der Waals surface area contributed by atoms with Gasteiger partial charge in [-0.25, -0.2) is 9.48 Å². The number of hydrogen-bond acceptors (Lipinski definition) is 4. The average molecular weight is 441 g/mol. The molecule has 0 unspecified atom stereocenters. The maximum Gasteiger partial charge on any atom is 0.410 e. The number of anilines is 1. The van der Waals surface area contributed by atoms with E-state index in [1.165, 1.54) is 0 Å². The van der Waals surface area contributed by atoms with Crippen LogP contribution in [-0.4, -0.2) is 52.6 Å². The van der Waals surface area contributed by atoms with Gasteiger partial charge in [0.15, 0.2) is 5.82 Å². The van der Waals surface area contributed by atoms with Crippen molar-refractivity contribution in [1.82, 2.24) is 14.7 Å². The minimum Gasteiger partial charge on any atom is -0.444 e. The number of aromatic nitrogens is 2. The smallest absolute Gasteiger partial charge is 0.410 e. The Kier molecular flexibility index (Phi) is 6.10. The van der Waals surface area contributed by atoms with E-state index >= 15 is 0 Å². The second kappa shape index (κ2) is 8.79. The van der Waals surface area contributed by atoms with E-state index in [1.54, 1.807) is 4.90 Å². The van der Waals surface area contributed by atoms with Crippen molar-refractivity contribution in [1.29, 1.82) is 0 Å². The van der Waals surface area contributed by atoms with E-state index in [4.69, 9.17) is 21.4 Å². The molecule has 4 rings (SSSR count). The Labute approximate surface area is 188 Å². The van der Waals surface area contributed by atoms with Gasteiger partial charge in [0, 0.05) is 36.4 Å². The van der Waals surface area contributed by atoms with Crippen LogP contribution < -0.4 is 15.5 Å². The van der Waals surface area contributed by atoms with Crippen molar-refractivity contribution in [3.63, 3.8) is 0 Å². The lowest BCUT2D eigenvalue weighted by atomic mass is 10.2. The number of fused-ring (bicyclic) bond motifs is 1. The fourth-order valence-corrected chi connectivity index (χ4v) is 3.93. The molecule has 0 saturated carbocycles. The summed E-state index contributed by atoms with van der Waals surface area (Å²) in [6, 6.07) is 7.75. The van der Waals surface area contributed by atoms with Crippen LogP contribution in [0.25, 0.3) is 17.8 Å². The van der Waals surface area contributed by atoms with Crippen LogP contribution in [0.5, 0.6) is 0 Å². The van der Waals surface area contributed by atoms with Gasteiger partial charge < -0.3 is 14.5 Å². The molecule has 1 aliphatic heterocycles. The molecule has 1 saturated heterocycles. The van der Waals surface area contributed by atoms with E-state index in [9.17, 15) is 4.79 Å². The van der Waals surface area contributed by atoms with Gasteiger partial charge in [0.2, 0.25) is 0 Å². The Balaban J connectivity index is 1.64. The number of hydrogen-bond donors (Lipinski definition) is 0. The Bertz CT molecular complexity index is 1090. The molecule has 0 spiro atoms. The number of carbonyl (C=O) groups is 1. The van der Waals surface area contributed by atoms with Gasteiger partial charge in [-0.05, 0) is 64.0 Å². The van der Waals surface area contributed by atoms with Crippen molar-refractivity contribution in [2.24, 2.45) is 0 Å². The van der Waals surface area contributed by atoms with Crippen molar-refractivity contribution < 1.29 is 9.53 Å². The van der Waals surface area contributed by atoms with E-state index < -0.39 is 5.60 Å². The van der Waals surface area contributed by atoms with E-state index in [2.05, 4.69) is 29.2 Å². The van der Waals surface area contributed by atoms with E-state index in [1.807, 2.05) is 49.7 Å². The fraction of sp³-hybridized carbons (Fsp3) is 0.417. The van der Waals surface area contributed by atoms with Crippen LogP contribution in [0.2, 0.25) is 5.02 Å². The number of nitrogens with zero attached hydrogens (tertiary/aromatic N) is 4. The highest BCUT2D eigenvalue weighted by Crippen LogP contribution is 2.16. The lowest BCUT2D eigenvalue weighted by Gasteiger charge is -2.35.